The number of carbonyl (C=O) groups excluding carboxylic acids is 4. The number of nitrogens with one attached hydrogen (secondary N) is 3. The van der Waals surface area contributed by atoms with Crippen molar-refractivity contribution in [1.29, 1.82) is 0 Å². The molecule has 3 aromatic carbocycles. The molecule has 1 saturated carbocycles. The number of amides is 4. The van der Waals surface area contributed by atoms with Crippen LogP contribution in [0.3, 0.4) is 0 Å². The Morgan fingerprint density at radius 1 is 0.795 bits per heavy atom. The van der Waals surface area contributed by atoms with Crippen molar-refractivity contribution in [2.45, 2.75) is 69.4 Å². The molecule has 18 nitrogen and oxygen atoms in total. The molecule has 2 aromatic heterocycles. The van der Waals surface area contributed by atoms with Crippen molar-refractivity contribution in [2.24, 2.45) is 5.92 Å². The van der Waals surface area contributed by atoms with Gasteiger partial charge in [0.2, 0.25) is 17.8 Å². The van der Waals surface area contributed by atoms with Gasteiger partial charge >= 0.3 is 0 Å². The lowest BCUT2D eigenvalue weighted by Gasteiger charge is -2.44. The summed E-state index contributed by atoms with van der Waals surface area (Å²) in [4.78, 5) is 79.9. The van der Waals surface area contributed by atoms with Crippen LogP contribution in [0, 0.1) is 11.7 Å². The molecule has 6 aliphatic rings. The van der Waals surface area contributed by atoms with E-state index in [0.717, 1.165) is 101 Å². The van der Waals surface area contributed by atoms with Crippen molar-refractivity contribution in [3.8, 4) is 5.75 Å². The van der Waals surface area contributed by atoms with Gasteiger partial charge in [-0.25, -0.2) is 9.37 Å². The molecule has 0 bridgehead atoms. The summed E-state index contributed by atoms with van der Waals surface area (Å²) in [6.07, 6.45) is 11.2. The molecular weight excluding hydrogens is 1020 g/mol. The molecule has 5 fully saturated rings. The van der Waals surface area contributed by atoms with Crippen molar-refractivity contribution in [3.63, 3.8) is 0 Å². The van der Waals surface area contributed by atoms with Gasteiger partial charge in [-0.3, -0.25) is 44.3 Å². The minimum Gasteiger partial charge on any atom is -0.494 e. The fourth-order valence-electron chi connectivity index (χ4n) is 11.5. The number of halogens is 2. The minimum atomic E-state index is -2.79. The number of hydrogen-bond donors (Lipinski definition) is 3. The highest BCUT2D eigenvalue weighted by molar-refractivity contribution is 9.10. The van der Waals surface area contributed by atoms with E-state index in [4.69, 9.17) is 9.72 Å². The number of piperidine rings is 3. The molecule has 1 aliphatic carbocycles. The van der Waals surface area contributed by atoms with E-state index in [9.17, 15) is 23.7 Å². The van der Waals surface area contributed by atoms with Crippen LogP contribution < -0.4 is 35.8 Å². The molecule has 7 heterocycles. The Kier molecular flexibility index (Phi) is 13.5. The van der Waals surface area contributed by atoms with Crippen LogP contribution in [0.1, 0.15) is 83.6 Å². The Bertz CT molecular complexity index is 3080. The van der Waals surface area contributed by atoms with E-state index < -0.39 is 42.6 Å². The van der Waals surface area contributed by atoms with E-state index in [2.05, 4.69) is 73.7 Å². The van der Waals surface area contributed by atoms with Gasteiger partial charge in [0.25, 0.3) is 11.8 Å². The second kappa shape index (κ2) is 20.0. The first-order valence-electron chi connectivity index (χ1n) is 25.3. The summed E-state index contributed by atoms with van der Waals surface area (Å²) >= 11 is 3.61. The Hall–Kier alpha value is -6.08. The van der Waals surface area contributed by atoms with Gasteiger partial charge in [0.1, 0.15) is 36.1 Å². The topological polar surface area (TPSA) is 198 Å². The summed E-state index contributed by atoms with van der Waals surface area (Å²) in [6, 6.07) is 10.1. The largest absolute Gasteiger partial charge is 0.494 e. The maximum Gasteiger partial charge on any atom is 0.262 e. The van der Waals surface area contributed by atoms with Crippen molar-refractivity contribution in [2.75, 3.05) is 99.8 Å². The molecule has 1 unspecified atom stereocenters. The lowest BCUT2D eigenvalue weighted by Crippen LogP contribution is -2.54. The maximum atomic E-state index is 15.6. The average Bonchev–Trinajstić information content (AvgIpc) is 4.21. The van der Waals surface area contributed by atoms with E-state index >= 15 is 4.39 Å². The van der Waals surface area contributed by atoms with Gasteiger partial charge in [0.15, 0.2) is 0 Å². The number of benzene rings is 3. The predicted molar refractivity (Wildman–Crippen MR) is 281 cm³/mol. The second-order valence-corrected chi connectivity index (χ2v) is 24.5. The van der Waals surface area contributed by atoms with Gasteiger partial charge in [-0.2, -0.15) is 4.98 Å². The molecule has 21 heteroatoms. The normalized spacial score (nSPS) is 20.7. The van der Waals surface area contributed by atoms with Gasteiger partial charge < -0.3 is 34.6 Å². The number of carbonyl (C=O) groups is 4. The predicted octanol–water partition coefficient (Wildman–Crippen LogP) is 6.85. The highest BCUT2D eigenvalue weighted by Gasteiger charge is 2.45. The molecule has 4 amide bonds. The number of methoxy groups -OCH3 is 1. The zero-order chi connectivity index (χ0) is 50.7. The second-order valence-electron chi connectivity index (χ2n) is 20.5. The Labute approximate surface area is 431 Å². The van der Waals surface area contributed by atoms with Crippen LogP contribution in [0.5, 0.6) is 5.75 Å². The van der Waals surface area contributed by atoms with Gasteiger partial charge in [0.05, 0.1) is 50.6 Å². The van der Waals surface area contributed by atoms with Gasteiger partial charge in [-0.05, 0) is 122 Å². The number of imide groups is 2. The quantitative estimate of drug-likeness (QED) is 0.0817. The Morgan fingerprint density at radius 2 is 1.49 bits per heavy atom. The summed E-state index contributed by atoms with van der Waals surface area (Å²) in [6.45, 7) is 11.7. The van der Waals surface area contributed by atoms with Crippen LogP contribution >= 0.6 is 23.1 Å². The third-order valence-corrected chi connectivity index (χ3v) is 17.6. The Morgan fingerprint density at radius 3 is 2.19 bits per heavy atom. The average molecular weight is 1080 g/mol. The molecule has 4 saturated heterocycles. The van der Waals surface area contributed by atoms with Gasteiger partial charge in [0, 0.05) is 102 Å². The number of aromatic nitrogens is 4. The summed E-state index contributed by atoms with van der Waals surface area (Å²) in [5.74, 6) is -0.481. The third kappa shape index (κ3) is 9.90. The number of piperazine rings is 1. The standard InChI is InChI=1S/C52H59BrFN12O6P/c1-72-44-27-42(33(31-4-5-31)25-40(44)59-52-57-28-36(53)48(61-52)58-39-7-6-38-46(56-15-14-55-38)47(39)73(2,3)71)64-18-12-32(13-19-64)63-22-20-62(21-23-63)29-30-10-16-65(17-11-30)43-26-35-34(24-37(43)54)50(69)66(51(35)70)41-8-9-45(67)60-49(41)68/h6-7,14-15,24-28,30-32,41H,4-5,8-13,16-23,29H2,1-3H3,(H,60,67,68)(H2,57,58,59,61). The zero-order valence-electron chi connectivity index (χ0n) is 41.2. The molecule has 0 radical (unpaired) electrons. The van der Waals surface area contributed by atoms with Crippen molar-refractivity contribution in [3.05, 3.63) is 82.0 Å². The fourth-order valence-corrected chi connectivity index (χ4v) is 13.2. The van der Waals surface area contributed by atoms with Crippen molar-refractivity contribution in [1.82, 2.24) is 40.0 Å². The lowest BCUT2D eigenvalue weighted by atomic mass is 9.94. The first-order chi connectivity index (χ1) is 35.2. The summed E-state index contributed by atoms with van der Waals surface area (Å²) in [5.41, 5.74) is 5.58. The fraction of sp³-hybridized carbons (Fsp3) is 0.462. The molecule has 0 spiro atoms. The number of nitrogens with zero attached hydrogens (tertiary/aromatic N) is 9. The third-order valence-electron chi connectivity index (χ3n) is 15.5. The molecule has 1 atom stereocenters. The molecular formula is C52H59BrFN12O6P. The molecule has 73 heavy (non-hydrogen) atoms. The molecule has 5 aromatic rings. The van der Waals surface area contributed by atoms with E-state index in [0.29, 0.717) is 80.7 Å². The smallest absolute Gasteiger partial charge is 0.262 e. The van der Waals surface area contributed by atoms with Crippen molar-refractivity contribution < 1.29 is 32.9 Å². The molecule has 11 rings (SSSR count). The summed E-state index contributed by atoms with van der Waals surface area (Å²) in [5, 5.41) is 9.66. The van der Waals surface area contributed by atoms with E-state index in [1.165, 1.54) is 17.3 Å². The number of fused-ring (bicyclic) bond motifs is 2. The summed E-state index contributed by atoms with van der Waals surface area (Å²) in [7, 11) is -1.10. The zero-order valence-corrected chi connectivity index (χ0v) is 43.7. The van der Waals surface area contributed by atoms with Gasteiger partial charge in [-0.15, -0.1) is 0 Å². The van der Waals surface area contributed by atoms with Crippen LogP contribution in [0.25, 0.3) is 11.0 Å². The maximum absolute atomic E-state index is 15.6. The first kappa shape index (κ1) is 49.1. The number of anilines is 6. The van der Waals surface area contributed by atoms with Crippen molar-refractivity contribution >= 4 is 97.6 Å². The van der Waals surface area contributed by atoms with E-state index in [1.54, 1.807) is 39.0 Å². The molecule has 3 N–H and O–H groups in total. The molecule has 382 valence electrons. The lowest BCUT2D eigenvalue weighted by molar-refractivity contribution is -0.136. The number of rotatable bonds is 13. The van der Waals surface area contributed by atoms with E-state index in [-0.39, 0.29) is 24.0 Å². The van der Waals surface area contributed by atoms with Crippen LogP contribution in [0.4, 0.5) is 38.9 Å². The van der Waals surface area contributed by atoms with Crippen LogP contribution in [-0.4, -0.2) is 150 Å². The van der Waals surface area contributed by atoms with Crippen LogP contribution in [0.15, 0.2) is 59.5 Å². The Balaban J connectivity index is 0.678. The first-order valence-corrected chi connectivity index (χ1v) is 28.7. The SMILES string of the molecule is COc1cc(N2CCC(N3CCN(CC4CCN(c5cc6c(cc5F)C(=O)N(C5CCC(=O)NC5=O)C6=O)CC4)CC3)CC2)c(C2CC2)cc1Nc1ncc(Br)c(Nc2ccc3nccnc3c2P(C)(C)=O)n1. The number of hydrogen-bond acceptors (Lipinski definition) is 16. The highest BCUT2D eigenvalue weighted by Crippen LogP contribution is 2.49. The van der Waals surface area contributed by atoms with Gasteiger partial charge in [-0.1, -0.05) is 0 Å². The van der Waals surface area contributed by atoms with E-state index in [1.807, 2.05) is 17.0 Å². The summed E-state index contributed by atoms with van der Waals surface area (Å²) < 4.78 is 35.9. The van der Waals surface area contributed by atoms with Crippen LogP contribution in [-0.2, 0) is 14.2 Å². The number of ether oxygens (including phenoxy) is 1. The molecule has 5 aliphatic heterocycles. The van der Waals surface area contributed by atoms with Crippen LogP contribution in [0.2, 0.25) is 0 Å². The monoisotopic (exact) mass is 1080 g/mol. The minimum absolute atomic E-state index is 0.0236. The highest BCUT2D eigenvalue weighted by atomic mass is 79.9.